The lowest BCUT2D eigenvalue weighted by atomic mass is 10.2. The first-order valence-electron chi connectivity index (χ1n) is 9.97. The highest BCUT2D eigenvalue weighted by Crippen LogP contribution is 2.27. The molecule has 2 aromatic rings. The summed E-state index contributed by atoms with van der Waals surface area (Å²) in [7, 11) is -3.91. The summed E-state index contributed by atoms with van der Waals surface area (Å²) >= 11 is 0. The highest BCUT2D eigenvalue weighted by Gasteiger charge is 2.40. The fourth-order valence-electron chi connectivity index (χ4n) is 3.43. The molecule has 1 heterocycles. The van der Waals surface area contributed by atoms with Gasteiger partial charge in [-0.05, 0) is 42.3 Å². The second-order valence-corrected chi connectivity index (χ2v) is 9.16. The maximum atomic E-state index is 13.1. The number of hydrogen-bond donors (Lipinski definition) is 3. The normalized spacial score (nSPS) is 18.7. The molecule has 1 saturated heterocycles. The average Bonchev–Trinajstić information content (AvgIpc) is 3.22. The van der Waals surface area contributed by atoms with Gasteiger partial charge in [0.15, 0.2) is 0 Å². The molecule has 1 aliphatic rings. The van der Waals surface area contributed by atoms with Gasteiger partial charge in [-0.2, -0.15) is 4.31 Å². The Balaban J connectivity index is 1.63. The molecule has 1 fully saturated rings. The molecular weight excluding hydrogens is 434 g/mol. The number of anilines is 1. The van der Waals surface area contributed by atoms with Crippen LogP contribution in [0, 0.1) is 0 Å². The highest BCUT2D eigenvalue weighted by atomic mass is 32.2. The number of hydrogen-bond acceptors (Lipinski definition) is 6. The third-order valence-electron chi connectivity index (χ3n) is 5.03. The predicted molar refractivity (Wildman–Crippen MR) is 118 cm³/mol. The summed E-state index contributed by atoms with van der Waals surface area (Å²) in [6.07, 6.45) is 0.745. The second kappa shape index (κ2) is 10.4. The Morgan fingerprint density at radius 2 is 1.84 bits per heavy atom. The molecule has 1 aliphatic heterocycles. The van der Waals surface area contributed by atoms with Gasteiger partial charge in [0.25, 0.3) is 0 Å². The van der Waals surface area contributed by atoms with E-state index in [1.165, 1.54) is 28.6 Å². The quantitative estimate of drug-likeness (QED) is 0.518. The van der Waals surface area contributed by atoms with Crippen molar-refractivity contribution in [3.05, 3.63) is 72.8 Å². The summed E-state index contributed by atoms with van der Waals surface area (Å²) in [5, 5.41) is 14.8. The van der Waals surface area contributed by atoms with E-state index in [-0.39, 0.29) is 24.7 Å². The van der Waals surface area contributed by atoms with Crippen LogP contribution in [0.3, 0.4) is 0 Å². The molecular formula is C22H25N3O6S. The van der Waals surface area contributed by atoms with E-state index in [1.54, 1.807) is 0 Å². The minimum Gasteiger partial charge on any atom is -0.444 e. The first-order valence-corrected chi connectivity index (χ1v) is 11.4. The minimum absolute atomic E-state index is 0.00912. The van der Waals surface area contributed by atoms with Gasteiger partial charge in [0.2, 0.25) is 15.9 Å². The molecule has 2 unspecified atom stereocenters. The van der Waals surface area contributed by atoms with E-state index in [2.05, 4.69) is 17.2 Å². The van der Waals surface area contributed by atoms with Crippen LogP contribution in [-0.4, -0.2) is 55.1 Å². The van der Waals surface area contributed by atoms with E-state index < -0.39 is 34.1 Å². The Kier molecular flexibility index (Phi) is 7.62. The lowest BCUT2D eigenvalue weighted by Crippen LogP contribution is -2.39. The fraction of sp³-hybridized carbons (Fsp3) is 0.273. The number of sulfonamides is 1. The number of aliphatic hydroxyl groups excluding tert-OH is 1. The summed E-state index contributed by atoms with van der Waals surface area (Å²) in [5.74, 6) is -0.402. The summed E-state index contributed by atoms with van der Waals surface area (Å²) < 4.78 is 32.5. The predicted octanol–water partition coefficient (Wildman–Crippen LogP) is 1.86. The molecule has 3 rings (SSSR count). The SMILES string of the molecule is C=CC(=O)NC1CC(CO)N(S(=O)(=O)c2ccc(NC(=O)OCc3ccccc3)cc2)C1. The second-order valence-electron chi connectivity index (χ2n) is 7.27. The van der Waals surface area contributed by atoms with Crippen molar-refractivity contribution < 1.29 is 27.9 Å². The smallest absolute Gasteiger partial charge is 0.411 e. The number of carbonyl (C=O) groups is 2. The van der Waals surface area contributed by atoms with Crippen molar-refractivity contribution in [2.24, 2.45) is 0 Å². The van der Waals surface area contributed by atoms with Crippen LogP contribution < -0.4 is 10.6 Å². The molecule has 10 heteroatoms. The monoisotopic (exact) mass is 459 g/mol. The maximum absolute atomic E-state index is 13.1. The van der Waals surface area contributed by atoms with Crippen LogP contribution in [0.4, 0.5) is 10.5 Å². The first-order chi connectivity index (χ1) is 15.3. The minimum atomic E-state index is -3.91. The molecule has 170 valence electrons. The molecule has 2 atom stereocenters. The highest BCUT2D eigenvalue weighted by molar-refractivity contribution is 7.89. The Labute approximate surface area is 186 Å². The average molecular weight is 460 g/mol. The van der Waals surface area contributed by atoms with Crippen LogP contribution in [-0.2, 0) is 26.2 Å². The van der Waals surface area contributed by atoms with Gasteiger partial charge >= 0.3 is 6.09 Å². The van der Waals surface area contributed by atoms with E-state index in [1.807, 2.05) is 30.3 Å². The fourth-order valence-corrected chi connectivity index (χ4v) is 5.11. The van der Waals surface area contributed by atoms with E-state index in [0.717, 1.165) is 11.6 Å². The molecule has 2 amide bonds. The van der Waals surface area contributed by atoms with Gasteiger partial charge < -0.3 is 15.2 Å². The number of nitrogens with one attached hydrogen (secondary N) is 2. The van der Waals surface area contributed by atoms with Crippen LogP contribution in [0.25, 0.3) is 0 Å². The first kappa shape index (κ1) is 23.5. The van der Waals surface area contributed by atoms with Crippen molar-refractivity contribution in [3.8, 4) is 0 Å². The number of aliphatic hydroxyl groups is 1. The Morgan fingerprint density at radius 1 is 1.16 bits per heavy atom. The largest absolute Gasteiger partial charge is 0.444 e. The molecule has 9 nitrogen and oxygen atoms in total. The van der Waals surface area contributed by atoms with Crippen LogP contribution in [0.1, 0.15) is 12.0 Å². The molecule has 2 aromatic carbocycles. The van der Waals surface area contributed by atoms with E-state index in [9.17, 15) is 23.1 Å². The van der Waals surface area contributed by atoms with Gasteiger partial charge in [-0.1, -0.05) is 36.9 Å². The molecule has 0 bridgehead atoms. The standard InChI is InChI=1S/C22H25N3O6S/c1-2-21(27)23-18-12-19(14-26)25(13-18)32(29,30)20-10-8-17(9-11-20)24-22(28)31-15-16-6-4-3-5-7-16/h2-11,18-19,26H,1,12-15H2,(H,23,27)(H,24,28). The number of ether oxygens (including phenoxy) is 1. The third-order valence-corrected chi connectivity index (χ3v) is 6.96. The maximum Gasteiger partial charge on any atom is 0.411 e. The molecule has 3 N–H and O–H groups in total. The Bertz CT molecular complexity index is 1060. The van der Waals surface area contributed by atoms with Crippen molar-refractivity contribution in [2.45, 2.75) is 30.0 Å². The zero-order chi connectivity index (χ0) is 23.1. The molecule has 0 spiro atoms. The summed E-state index contributed by atoms with van der Waals surface area (Å²) in [4.78, 5) is 23.5. The van der Waals surface area contributed by atoms with Gasteiger partial charge in [0.1, 0.15) is 6.61 Å². The summed E-state index contributed by atoms with van der Waals surface area (Å²) in [6, 6.07) is 13.8. The van der Waals surface area contributed by atoms with Crippen molar-refractivity contribution in [3.63, 3.8) is 0 Å². The molecule has 0 saturated carbocycles. The topological polar surface area (TPSA) is 125 Å². The van der Waals surface area contributed by atoms with Gasteiger partial charge in [0.05, 0.1) is 17.5 Å². The van der Waals surface area contributed by atoms with Crippen molar-refractivity contribution in [2.75, 3.05) is 18.5 Å². The van der Waals surface area contributed by atoms with Crippen LogP contribution >= 0.6 is 0 Å². The molecule has 0 aromatic heterocycles. The van der Waals surface area contributed by atoms with E-state index >= 15 is 0 Å². The van der Waals surface area contributed by atoms with Crippen LogP contribution in [0.5, 0.6) is 0 Å². The summed E-state index contributed by atoms with van der Waals surface area (Å²) in [6.45, 7) is 3.16. The number of rotatable bonds is 8. The zero-order valence-electron chi connectivity index (χ0n) is 17.3. The number of amides is 2. The lowest BCUT2D eigenvalue weighted by Gasteiger charge is -2.22. The summed E-state index contributed by atoms with van der Waals surface area (Å²) in [5.41, 5.74) is 1.22. The number of nitrogens with zero attached hydrogens (tertiary/aromatic N) is 1. The van der Waals surface area contributed by atoms with E-state index in [0.29, 0.717) is 12.1 Å². The van der Waals surface area contributed by atoms with Gasteiger partial charge in [-0.25, -0.2) is 13.2 Å². The van der Waals surface area contributed by atoms with Crippen molar-refractivity contribution >= 4 is 27.7 Å². The zero-order valence-corrected chi connectivity index (χ0v) is 18.1. The Morgan fingerprint density at radius 3 is 2.47 bits per heavy atom. The molecule has 0 radical (unpaired) electrons. The number of carbonyl (C=O) groups excluding carboxylic acids is 2. The van der Waals surface area contributed by atoms with E-state index in [4.69, 9.17) is 4.74 Å². The van der Waals surface area contributed by atoms with Gasteiger partial charge in [-0.3, -0.25) is 10.1 Å². The van der Waals surface area contributed by atoms with Crippen LogP contribution in [0.15, 0.2) is 72.1 Å². The molecule has 0 aliphatic carbocycles. The number of benzene rings is 2. The van der Waals surface area contributed by atoms with Gasteiger partial charge in [0, 0.05) is 18.3 Å². The van der Waals surface area contributed by atoms with Crippen molar-refractivity contribution in [1.29, 1.82) is 0 Å². The van der Waals surface area contributed by atoms with Crippen molar-refractivity contribution in [1.82, 2.24) is 9.62 Å². The third kappa shape index (κ3) is 5.72. The van der Waals surface area contributed by atoms with Gasteiger partial charge in [-0.15, -0.1) is 0 Å². The lowest BCUT2D eigenvalue weighted by molar-refractivity contribution is -0.117. The van der Waals surface area contributed by atoms with Crippen LogP contribution in [0.2, 0.25) is 0 Å². The molecule has 32 heavy (non-hydrogen) atoms. The Hall–Kier alpha value is -3.21.